The summed E-state index contributed by atoms with van der Waals surface area (Å²) in [5.41, 5.74) is 0. The van der Waals surface area contributed by atoms with Gasteiger partial charge in [-0.2, -0.15) is 0 Å². The van der Waals surface area contributed by atoms with Crippen molar-refractivity contribution in [2.24, 2.45) is 0 Å². The number of hydroxylamine groups is 2. The lowest BCUT2D eigenvalue weighted by atomic mass is 10.4. The summed E-state index contributed by atoms with van der Waals surface area (Å²) >= 11 is 0. The van der Waals surface area contributed by atoms with Gasteiger partial charge in [0.25, 0.3) is 0 Å². The molecule has 0 fully saturated rings. The molecule has 0 aliphatic heterocycles. The Morgan fingerprint density at radius 1 is 1.88 bits per heavy atom. The van der Waals surface area contributed by atoms with Gasteiger partial charge in [-0.25, -0.2) is 0 Å². The molecule has 0 heterocycles. The van der Waals surface area contributed by atoms with Gasteiger partial charge >= 0.3 is 5.97 Å². The second-order valence-electron chi connectivity index (χ2n) is 1.50. The van der Waals surface area contributed by atoms with E-state index in [9.17, 15) is 10.0 Å². The van der Waals surface area contributed by atoms with Crippen molar-refractivity contribution in [2.75, 3.05) is 13.6 Å². The maximum atomic E-state index is 10.0. The van der Waals surface area contributed by atoms with Crippen LogP contribution in [0.15, 0.2) is 0 Å². The Morgan fingerprint density at radius 3 is 2.50 bits per heavy atom. The zero-order valence-electron chi connectivity index (χ0n) is 4.63. The number of aliphatic carboxylic acids is 1. The first-order chi connectivity index (χ1) is 3.63. The highest BCUT2D eigenvalue weighted by Crippen LogP contribution is 1.81. The molecule has 0 saturated carbocycles. The van der Waals surface area contributed by atoms with Crippen molar-refractivity contribution in [1.29, 1.82) is 0 Å². The Kier molecular flexibility index (Phi) is 3.14. The molecule has 0 aromatic rings. The SMILES string of the molecule is CN([O-])CCC(=O)O. The third-order valence-corrected chi connectivity index (χ3v) is 0.641. The molecule has 1 N–H and O–H groups in total. The summed E-state index contributed by atoms with van der Waals surface area (Å²) in [6.45, 7) is 0.0648. The van der Waals surface area contributed by atoms with Crippen LogP contribution in [-0.2, 0) is 4.79 Å². The largest absolute Gasteiger partial charge is 0.785 e. The molecule has 0 saturated heterocycles. The van der Waals surface area contributed by atoms with Gasteiger partial charge in [-0.1, -0.05) is 0 Å². The van der Waals surface area contributed by atoms with Crippen molar-refractivity contribution in [3.05, 3.63) is 5.21 Å². The van der Waals surface area contributed by atoms with Crippen LogP contribution >= 0.6 is 0 Å². The average Bonchev–Trinajstić information content (AvgIpc) is 1.61. The van der Waals surface area contributed by atoms with Crippen LogP contribution in [0.1, 0.15) is 6.42 Å². The summed E-state index contributed by atoms with van der Waals surface area (Å²) in [5, 5.41) is 18.6. The van der Waals surface area contributed by atoms with E-state index in [1.165, 1.54) is 7.05 Å². The van der Waals surface area contributed by atoms with Gasteiger partial charge in [-0.3, -0.25) is 4.79 Å². The van der Waals surface area contributed by atoms with Gasteiger partial charge < -0.3 is 15.4 Å². The molecule has 0 spiro atoms. The molecule has 0 unspecified atom stereocenters. The van der Waals surface area contributed by atoms with E-state index in [4.69, 9.17) is 5.11 Å². The molecule has 48 valence electrons. The van der Waals surface area contributed by atoms with Crippen LogP contribution in [0.3, 0.4) is 0 Å². The Labute approximate surface area is 47.3 Å². The predicted molar refractivity (Wildman–Crippen MR) is 28.2 cm³/mol. The minimum Gasteiger partial charge on any atom is -0.785 e. The molecule has 0 aliphatic carbocycles. The quantitative estimate of drug-likeness (QED) is 0.525. The molecule has 4 heteroatoms. The lowest BCUT2D eigenvalue weighted by Gasteiger charge is -2.19. The third kappa shape index (κ3) is 5.39. The molecule has 0 aromatic carbocycles. The van der Waals surface area contributed by atoms with Crippen molar-refractivity contribution in [1.82, 2.24) is 5.06 Å². The van der Waals surface area contributed by atoms with Gasteiger partial charge in [-0.15, -0.1) is 0 Å². The number of hydrogen-bond acceptors (Lipinski definition) is 3. The van der Waals surface area contributed by atoms with Crippen LogP contribution in [0.25, 0.3) is 0 Å². The predicted octanol–water partition coefficient (Wildman–Crippen LogP) is -0.109. The normalized spacial score (nSPS) is 9.88. The molecule has 0 atom stereocenters. The van der Waals surface area contributed by atoms with Crippen LogP contribution < -0.4 is 0 Å². The Morgan fingerprint density at radius 2 is 2.38 bits per heavy atom. The Hall–Kier alpha value is -0.610. The number of hydrogen-bond donors (Lipinski definition) is 1. The fourth-order valence-corrected chi connectivity index (χ4v) is 0.253. The lowest BCUT2D eigenvalue weighted by molar-refractivity contribution is -0.137. The van der Waals surface area contributed by atoms with E-state index in [0.717, 1.165) is 0 Å². The van der Waals surface area contributed by atoms with E-state index in [1.807, 2.05) is 0 Å². The molecule has 0 bridgehead atoms. The Bertz CT molecular complexity index is 81.4. The summed E-state index contributed by atoms with van der Waals surface area (Å²) < 4.78 is 0. The number of carboxylic acids is 1. The summed E-state index contributed by atoms with van der Waals surface area (Å²) in [6, 6.07) is 0. The van der Waals surface area contributed by atoms with Crippen molar-refractivity contribution >= 4 is 5.97 Å². The molecule has 8 heavy (non-hydrogen) atoms. The molecule has 0 amide bonds. The number of nitrogens with zero attached hydrogens (tertiary/aromatic N) is 1. The average molecular weight is 118 g/mol. The molecular weight excluding hydrogens is 110 g/mol. The van der Waals surface area contributed by atoms with Gasteiger partial charge in [0.2, 0.25) is 0 Å². The van der Waals surface area contributed by atoms with E-state index in [2.05, 4.69) is 0 Å². The maximum Gasteiger partial charge on any atom is 0.304 e. The number of carboxylic acid groups (broad SMARTS) is 1. The fraction of sp³-hybridized carbons (Fsp3) is 0.750. The van der Waals surface area contributed by atoms with E-state index >= 15 is 0 Å². The van der Waals surface area contributed by atoms with Crippen LogP contribution in [-0.4, -0.2) is 29.7 Å². The van der Waals surface area contributed by atoms with E-state index in [1.54, 1.807) is 0 Å². The fourth-order valence-electron chi connectivity index (χ4n) is 0.253. The van der Waals surface area contributed by atoms with E-state index in [0.29, 0.717) is 5.06 Å². The monoisotopic (exact) mass is 118 g/mol. The highest BCUT2D eigenvalue weighted by atomic mass is 16.5. The molecule has 4 nitrogen and oxygen atoms in total. The van der Waals surface area contributed by atoms with Crippen LogP contribution in [0.5, 0.6) is 0 Å². The first-order valence-corrected chi connectivity index (χ1v) is 2.23. The van der Waals surface area contributed by atoms with Gasteiger partial charge in [0.1, 0.15) is 0 Å². The maximum absolute atomic E-state index is 10.0. The highest BCUT2D eigenvalue weighted by Gasteiger charge is 1.92. The minimum absolute atomic E-state index is 0.0648. The summed E-state index contributed by atoms with van der Waals surface area (Å²) in [6.07, 6.45) is -0.0833. The minimum atomic E-state index is -0.937. The highest BCUT2D eigenvalue weighted by molar-refractivity contribution is 5.66. The number of carbonyl (C=O) groups is 1. The lowest BCUT2D eigenvalue weighted by Crippen LogP contribution is -2.14. The van der Waals surface area contributed by atoms with Gasteiger partial charge in [0.05, 0.1) is 6.42 Å². The standard InChI is InChI=1S/C4H8NO3/c1-5(8)3-2-4(6)7/h2-3H2,1H3,(H,6,7)/q-1. The summed E-state index contributed by atoms with van der Waals surface area (Å²) in [5.74, 6) is -0.937. The smallest absolute Gasteiger partial charge is 0.304 e. The molecular formula is C4H8NO3-. The topological polar surface area (TPSA) is 63.6 Å². The van der Waals surface area contributed by atoms with Crippen molar-refractivity contribution in [3.8, 4) is 0 Å². The van der Waals surface area contributed by atoms with Gasteiger partial charge in [0.15, 0.2) is 0 Å². The zero-order valence-corrected chi connectivity index (χ0v) is 4.63. The second kappa shape index (κ2) is 3.40. The van der Waals surface area contributed by atoms with Gasteiger partial charge in [-0.05, 0) is 13.6 Å². The van der Waals surface area contributed by atoms with Crippen LogP contribution in [0, 0.1) is 5.21 Å². The molecule has 0 aromatic heterocycles. The van der Waals surface area contributed by atoms with E-state index in [-0.39, 0.29) is 13.0 Å². The van der Waals surface area contributed by atoms with Gasteiger partial charge in [0, 0.05) is 0 Å². The third-order valence-electron chi connectivity index (χ3n) is 0.641. The second-order valence-corrected chi connectivity index (χ2v) is 1.50. The van der Waals surface area contributed by atoms with Crippen molar-refractivity contribution in [3.63, 3.8) is 0 Å². The zero-order chi connectivity index (χ0) is 6.57. The van der Waals surface area contributed by atoms with Crippen molar-refractivity contribution in [2.45, 2.75) is 6.42 Å². The number of rotatable bonds is 3. The first-order valence-electron chi connectivity index (χ1n) is 2.23. The summed E-state index contributed by atoms with van der Waals surface area (Å²) in [4.78, 5) is 9.74. The van der Waals surface area contributed by atoms with Crippen LogP contribution in [0.2, 0.25) is 0 Å². The summed E-state index contributed by atoms with van der Waals surface area (Å²) in [7, 11) is 1.29. The van der Waals surface area contributed by atoms with Crippen molar-refractivity contribution < 1.29 is 9.90 Å². The first kappa shape index (κ1) is 7.39. The molecule has 0 aliphatic rings. The van der Waals surface area contributed by atoms with Crippen LogP contribution in [0.4, 0.5) is 0 Å². The molecule has 0 radical (unpaired) electrons. The Balaban J connectivity index is 3.05. The van der Waals surface area contributed by atoms with E-state index < -0.39 is 5.97 Å². The molecule has 0 rings (SSSR count).